The van der Waals surface area contributed by atoms with Gasteiger partial charge in [0.05, 0.1) is 11.3 Å². The van der Waals surface area contributed by atoms with Crippen LogP contribution in [-0.4, -0.2) is 20.9 Å². The van der Waals surface area contributed by atoms with Crippen LogP contribution < -0.4 is 0 Å². The van der Waals surface area contributed by atoms with E-state index in [9.17, 15) is 9.90 Å². The second-order valence-electron chi connectivity index (χ2n) is 16.9. The van der Waals surface area contributed by atoms with Crippen molar-refractivity contribution < 1.29 is 30.0 Å². The number of aliphatic hydroxyl groups is 1. The van der Waals surface area contributed by atoms with Gasteiger partial charge in [0.2, 0.25) is 0 Å². The molecular weight excluding hydrogens is 881 g/mol. The quantitative estimate of drug-likeness (QED) is 0.0891. The van der Waals surface area contributed by atoms with Crippen molar-refractivity contribution in [2.75, 3.05) is 0 Å². The normalized spacial score (nSPS) is 12.5. The number of benzene rings is 3. The monoisotopic (exact) mass is 938 g/mol. The predicted molar refractivity (Wildman–Crippen MR) is 230 cm³/mol. The largest absolute Gasteiger partial charge is 0.512 e. The van der Waals surface area contributed by atoms with Crippen LogP contribution in [0.3, 0.4) is 0 Å². The first-order chi connectivity index (χ1) is 24.9. The van der Waals surface area contributed by atoms with Crippen LogP contribution in [0.5, 0.6) is 0 Å². The van der Waals surface area contributed by atoms with Gasteiger partial charge >= 0.3 is 0 Å². The molecule has 0 aliphatic carbocycles. The molecule has 0 saturated carbocycles. The van der Waals surface area contributed by atoms with Crippen LogP contribution >= 0.6 is 22.7 Å². The van der Waals surface area contributed by atoms with Crippen molar-refractivity contribution in [3.63, 3.8) is 0 Å². The van der Waals surface area contributed by atoms with E-state index in [2.05, 4.69) is 151 Å². The fourth-order valence-electron chi connectivity index (χ4n) is 8.02. The first-order valence-electron chi connectivity index (χ1n) is 19.0. The molecule has 54 heavy (non-hydrogen) atoms. The van der Waals surface area contributed by atoms with Gasteiger partial charge in [-0.25, -0.2) is 4.98 Å². The number of allylic oxidation sites excluding steroid dienone is 2. The Morgan fingerprint density at radius 2 is 1.31 bits per heavy atom. The first kappa shape index (κ1) is 43.5. The maximum atomic E-state index is 12.3. The number of fused-ring (bicyclic) bond motifs is 3. The maximum absolute atomic E-state index is 12.3. The van der Waals surface area contributed by atoms with E-state index in [1.807, 2.05) is 22.7 Å². The average molecular weight is 938 g/mol. The first-order valence-corrected chi connectivity index (χ1v) is 20.7. The summed E-state index contributed by atoms with van der Waals surface area (Å²) in [7, 11) is 0. The minimum atomic E-state index is -0.0119. The number of hydrogen-bond acceptors (Lipinski definition) is 6. The number of ketones is 1. The molecule has 1 N–H and O–H groups in total. The van der Waals surface area contributed by atoms with Gasteiger partial charge in [-0.15, -0.1) is 51.8 Å². The Morgan fingerprint density at radius 3 is 1.89 bits per heavy atom. The molecule has 0 saturated heterocycles. The fraction of sp³-hybridized carbons (Fsp3) is 0.426. The molecule has 0 amide bonds. The number of carbonyl (C=O) groups is 1. The number of nitrogens with zero attached hydrogens (tertiary/aromatic N) is 2. The molecule has 3 aromatic carbocycles. The van der Waals surface area contributed by atoms with Gasteiger partial charge in [0, 0.05) is 62.9 Å². The van der Waals surface area contributed by atoms with Crippen LogP contribution in [0.1, 0.15) is 92.9 Å². The van der Waals surface area contributed by atoms with Gasteiger partial charge in [-0.05, 0) is 65.5 Å². The summed E-state index contributed by atoms with van der Waals surface area (Å²) in [6.07, 6.45) is 3.19. The zero-order valence-corrected chi connectivity index (χ0v) is 38.2. The molecule has 289 valence electrons. The van der Waals surface area contributed by atoms with Crippen molar-refractivity contribution in [1.82, 2.24) is 9.97 Å². The molecule has 7 heteroatoms. The third-order valence-corrected chi connectivity index (χ3v) is 13.1. The number of carbonyl (C=O) groups excluding carboxylic acids is 1. The smallest absolute Gasteiger partial charge is 0.162 e. The summed E-state index contributed by atoms with van der Waals surface area (Å²) < 4.78 is 2.47. The molecule has 3 heterocycles. The van der Waals surface area contributed by atoms with Gasteiger partial charge in [-0.2, -0.15) is 0 Å². The molecule has 3 aromatic heterocycles. The standard InChI is InChI=1S/C30H25N2S2.C17H32O2.Ir/c1-17-21-11-8-9-13-24(21)33-27(17)28-18(2)25-29(34-28)26(32-16-31-25)20-14-19-10-6-7-12-22(19)23(15-20)30(3,4)5;1-10(2)16(11(3)4)14(18)9-15(19)17(12(5)6)13(7)8;/h6-13,15-16H,1-5H3;9-13,16-18H,1-8H3;/q-1;;/b;14-9-;. The molecule has 0 aliphatic rings. The van der Waals surface area contributed by atoms with E-state index in [0.717, 1.165) is 26.9 Å². The van der Waals surface area contributed by atoms with E-state index in [-0.39, 0.29) is 48.9 Å². The van der Waals surface area contributed by atoms with Crippen molar-refractivity contribution in [1.29, 1.82) is 0 Å². The van der Waals surface area contributed by atoms with E-state index in [4.69, 9.17) is 9.97 Å². The average Bonchev–Trinajstić information content (AvgIpc) is 3.59. The molecule has 0 unspecified atom stereocenters. The van der Waals surface area contributed by atoms with Crippen LogP contribution in [0.4, 0.5) is 0 Å². The van der Waals surface area contributed by atoms with Crippen molar-refractivity contribution >= 4 is 59.5 Å². The maximum Gasteiger partial charge on any atom is 0.162 e. The summed E-state index contributed by atoms with van der Waals surface area (Å²) in [6.45, 7) is 27.8. The second-order valence-corrected chi connectivity index (χ2v) is 19.0. The summed E-state index contributed by atoms with van der Waals surface area (Å²) in [6, 6.07) is 23.2. The van der Waals surface area contributed by atoms with Gasteiger partial charge in [0.25, 0.3) is 0 Å². The summed E-state index contributed by atoms with van der Waals surface area (Å²) in [5.41, 5.74) is 6.96. The van der Waals surface area contributed by atoms with Gasteiger partial charge in [0.15, 0.2) is 5.78 Å². The van der Waals surface area contributed by atoms with E-state index < -0.39 is 0 Å². The Morgan fingerprint density at radius 1 is 0.759 bits per heavy atom. The van der Waals surface area contributed by atoms with E-state index >= 15 is 0 Å². The van der Waals surface area contributed by atoms with Crippen LogP contribution in [0.25, 0.3) is 52.1 Å². The number of rotatable bonds is 9. The molecule has 0 fully saturated rings. The van der Waals surface area contributed by atoms with Gasteiger partial charge in [-0.1, -0.05) is 124 Å². The Labute approximate surface area is 344 Å². The van der Waals surface area contributed by atoms with Crippen molar-refractivity contribution in [3.8, 4) is 21.0 Å². The van der Waals surface area contributed by atoms with Crippen LogP contribution in [-0.2, 0) is 30.3 Å². The summed E-state index contributed by atoms with van der Waals surface area (Å²) in [5, 5.41) is 14.0. The third-order valence-electron chi connectivity index (χ3n) is 10.4. The van der Waals surface area contributed by atoms with Crippen LogP contribution in [0.15, 0.2) is 72.8 Å². The van der Waals surface area contributed by atoms with Gasteiger partial charge in [-0.3, -0.25) is 9.78 Å². The van der Waals surface area contributed by atoms with Crippen LogP contribution in [0, 0.1) is 55.4 Å². The molecule has 6 aromatic rings. The molecule has 0 atom stereocenters. The Hall–Kier alpha value is -3.22. The van der Waals surface area contributed by atoms with E-state index in [1.54, 1.807) is 6.33 Å². The Bertz CT molecular complexity index is 2250. The number of aryl methyl sites for hydroxylation is 2. The third kappa shape index (κ3) is 9.07. The number of thiophene rings is 2. The minimum absolute atomic E-state index is 0. The van der Waals surface area contributed by atoms with Crippen LogP contribution in [0.2, 0.25) is 0 Å². The minimum Gasteiger partial charge on any atom is -0.512 e. The van der Waals surface area contributed by atoms with Crippen molar-refractivity contribution in [3.05, 3.63) is 95.5 Å². The molecular formula is C47H57IrN2O2S2-. The predicted octanol–water partition coefficient (Wildman–Crippen LogP) is 14.0. The number of aromatic nitrogens is 2. The van der Waals surface area contributed by atoms with Gasteiger partial charge in [0.1, 0.15) is 6.33 Å². The van der Waals surface area contributed by atoms with E-state index in [1.165, 1.54) is 48.0 Å². The zero-order chi connectivity index (χ0) is 38.9. The van der Waals surface area contributed by atoms with Crippen molar-refractivity contribution in [2.45, 2.75) is 95.4 Å². The van der Waals surface area contributed by atoms with Crippen molar-refractivity contribution in [2.24, 2.45) is 35.5 Å². The molecule has 1 radical (unpaired) electrons. The topological polar surface area (TPSA) is 63.1 Å². The Kier molecular flexibility index (Phi) is 14.3. The second kappa shape index (κ2) is 17.7. The zero-order valence-electron chi connectivity index (χ0n) is 34.2. The SMILES string of the molecule is CC(C)C(C(=O)/C=C(\O)C(C(C)C)C(C)C)C(C)C.Cc1c(-c2sc3c(-c4[c-]c5ccccc5c(C(C)(C)C)c4)ncnc3c2C)sc2ccccc12.[Ir]. The molecule has 0 bridgehead atoms. The summed E-state index contributed by atoms with van der Waals surface area (Å²) in [5.74, 6) is 1.63. The summed E-state index contributed by atoms with van der Waals surface area (Å²) in [4.78, 5) is 24.5. The van der Waals surface area contributed by atoms with Gasteiger partial charge < -0.3 is 5.11 Å². The molecule has 4 nitrogen and oxygen atoms in total. The Balaban J connectivity index is 0.000000281. The molecule has 0 spiro atoms. The van der Waals surface area contributed by atoms with E-state index in [0.29, 0.717) is 23.7 Å². The number of aliphatic hydroxyl groups excluding tert-OH is 1. The molecule has 0 aliphatic heterocycles. The fourth-order valence-corrected chi connectivity index (χ4v) is 10.7. The number of hydrogen-bond donors (Lipinski definition) is 1. The summed E-state index contributed by atoms with van der Waals surface area (Å²) >= 11 is 3.68. The molecule has 6 rings (SSSR count).